The van der Waals surface area contributed by atoms with Gasteiger partial charge in [-0.3, -0.25) is 33.6 Å². The molecule has 15 nitrogen and oxygen atoms in total. The molecule has 0 spiro atoms. The van der Waals surface area contributed by atoms with E-state index < -0.39 is 41.5 Å². The van der Waals surface area contributed by atoms with E-state index >= 15 is 4.79 Å². The van der Waals surface area contributed by atoms with E-state index in [1.165, 1.54) is 11.1 Å². The molecule has 444 valence electrons. The molecule has 6 amide bonds. The van der Waals surface area contributed by atoms with Gasteiger partial charge in [-0.15, -0.1) is 0 Å². The molecule has 2 aliphatic carbocycles. The SMILES string of the molecule is CC[C@@H](C)C(=O)N[C@@H](Cc1ccc(N(C)Cc2ccc(C(=O)NC3C[C@@H](C(=O)NC4CCCc5ccccc54)N(C(=O)[C@@H](CC(=O)[C@H](C)NC)C(C)(C)C)C3)cc2)cc1)C(=O)N1Cc2ccccc2CC1C(=O)N[C@@H]1CCCc2ccccc21. The van der Waals surface area contributed by atoms with Crippen molar-refractivity contribution in [2.24, 2.45) is 17.3 Å². The van der Waals surface area contributed by atoms with Gasteiger partial charge in [-0.2, -0.15) is 0 Å². The Kier molecular flexibility index (Phi) is 19.5. The van der Waals surface area contributed by atoms with Crippen molar-refractivity contribution in [1.82, 2.24) is 36.4 Å². The van der Waals surface area contributed by atoms with E-state index in [2.05, 4.69) is 55.7 Å². The Balaban J connectivity index is 0.857. The minimum absolute atomic E-state index is 0.0213. The number of hydrogen-bond donors (Lipinski definition) is 5. The first kappa shape index (κ1) is 60.9. The van der Waals surface area contributed by atoms with Crippen LogP contribution in [0.15, 0.2) is 121 Å². The second-order valence-corrected chi connectivity index (χ2v) is 25.1. The van der Waals surface area contributed by atoms with Crippen molar-refractivity contribution in [2.75, 3.05) is 25.5 Å². The number of hydrogen-bond acceptors (Lipinski definition) is 9. The molecule has 0 bridgehead atoms. The van der Waals surface area contributed by atoms with Crippen molar-refractivity contribution in [1.29, 1.82) is 0 Å². The zero-order chi connectivity index (χ0) is 59.8. The summed E-state index contributed by atoms with van der Waals surface area (Å²) in [5, 5.41) is 15.8. The average Bonchev–Trinajstić information content (AvgIpc) is 3.98. The van der Waals surface area contributed by atoms with Crippen LogP contribution < -0.4 is 31.5 Å². The van der Waals surface area contributed by atoms with Crippen LogP contribution in [0.5, 0.6) is 0 Å². The molecule has 15 heteroatoms. The fraction of sp³-hybridized carbons (Fsp3) is 0.464. The Bertz CT molecular complexity index is 3190. The number of rotatable bonds is 20. The van der Waals surface area contributed by atoms with E-state index in [1.807, 2.05) is 127 Å². The quantitative estimate of drug-likeness (QED) is 0.0508. The number of fused-ring (bicyclic) bond motifs is 3. The molecule has 3 unspecified atom stereocenters. The smallest absolute Gasteiger partial charge is 0.251 e. The van der Waals surface area contributed by atoms with Crippen molar-refractivity contribution in [3.8, 4) is 0 Å². The van der Waals surface area contributed by atoms with Gasteiger partial charge in [0.25, 0.3) is 5.91 Å². The lowest BCUT2D eigenvalue weighted by molar-refractivity contribution is -0.146. The lowest BCUT2D eigenvalue weighted by Gasteiger charge is -2.39. The van der Waals surface area contributed by atoms with Crippen LogP contribution in [0.2, 0.25) is 0 Å². The molecule has 5 N–H and O–H groups in total. The molecule has 5 aromatic rings. The van der Waals surface area contributed by atoms with Crippen molar-refractivity contribution in [2.45, 2.75) is 168 Å². The molecule has 2 aliphatic heterocycles. The van der Waals surface area contributed by atoms with Gasteiger partial charge in [-0.1, -0.05) is 132 Å². The van der Waals surface area contributed by atoms with Crippen LogP contribution >= 0.6 is 0 Å². The summed E-state index contributed by atoms with van der Waals surface area (Å²) in [4.78, 5) is 105. The van der Waals surface area contributed by atoms with Gasteiger partial charge in [0.1, 0.15) is 23.9 Å². The highest BCUT2D eigenvalue weighted by Crippen LogP contribution is 2.36. The van der Waals surface area contributed by atoms with Gasteiger partial charge in [0, 0.05) is 75.1 Å². The number of benzene rings is 5. The predicted molar refractivity (Wildman–Crippen MR) is 328 cm³/mol. The lowest BCUT2D eigenvalue weighted by atomic mass is 9.76. The fourth-order valence-electron chi connectivity index (χ4n) is 12.7. The molecule has 1 saturated heterocycles. The van der Waals surface area contributed by atoms with Gasteiger partial charge in [0.15, 0.2) is 0 Å². The largest absolute Gasteiger partial charge is 0.370 e. The topological polar surface area (TPSA) is 189 Å². The molecule has 4 aliphatic rings. The molecule has 0 radical (unpaired) electrons. The van der Waals surface area contributed by atoms with Crippen LogP contribution in [-0.4, -0.2) is 102 Å². The summed E-state index contributed by atoms with van der Waals surface area (Å²) in [7, 11) is 3.70. The van der Waals surface area contributed by atoms with Crippen LogP contribution in [0.1, 0.15) is 153 Å². The summed E-state index contributed by atoms with van der Waals surface area (Å²) in [5.41, 5.74) is 9.25. The second kappa shape index (κ2) is 26.9. The van der Waals surface area contributed by atoms with Gasteiger partial charge >= 0.3 is 0 Å². The Labute approximate surface area is 496 Å². The minimum Gasteiger partial charge on any atom is -0.370 e. The van der Waals surface area contributed by atoms with Crippen molar-refractivity contribution in [3.05, 3.63) is 171 Å². The number of likely N-dealkylation sites (N-methyl/N-ethyl adjacent to an activating group) is 1. The van der Waals surface area contributed by atoms with E-state index in [0.29, 0.717) is 24.9 Å². The Morgan fingerprint density at radius 2 is 1.21 bits per heavy atom. The summed E-state index contributed by atoms with van der Waals surface area (Å²) < 4.78 is 0. The van der Waals surface area contributed by atoms with Crippen molar-refractivity contribution >= 4 is 46.9 Å². The zero-order valence-corrected chi connectivity index (χ0v) is 50.3. The highest BCUT2D eigenvalue weighted by Gasteiger charge is 2.46. The third kappa shape index (κ3) is 14.3. The standard InChI is InChI=1S/C69H86N8O7/c1-9-43(2)63(79)74-59(68(84)76-41-51-21-11-10-20-50(51)37-60(76)65(81)72-57-26-16-22-47-18-12-14-24-54(47)57)36-45-30-34-53(35-31-45)75(8)40-46-28-32-49(33-29-46)64(80)71-52-38-61(66(82)73-58-27-17-23-48-19-13-15-25-55(48)58)77(42-52)67(83)56(69(4,5)6)39-62(78)44(3)70-7/h10-15,18-21,24-25,28-35,43-44,52,56-61,70H,9,16-17,22-23,26-27,36-42H2,1-8H3,(H,71,80)(H,72,81)(H,73,82)(H,74,79)/t43-,44+,52?,56-,57-,58?,59+,60?,61+/m1/s1. The number of Topliss-reactive ketones (excluding diaryl/α,β-unsaturated/α-hetero) is 1. The van der Waals surface area contributed by atoms with Crippen LogP contribution in [-0.2, 0) is 67.5 Å². The first-order valence-electron chi connectivity index (χ1n) is 30.4. The van der Waals surface area contributed by atoms with Gasteiger partial charge in [0.2, 0.25) is 29.5 Å². The number of nitrogens with zero attached hydrogens (tertiary/aromatic N) is 3. The second-order valence-electron chi connectivity index (χ2n) is 25.1. The highest BCUT2D eigenvalue weighted by atomic mass is 16.2. The van der Waals surface area contributed by atoms with E-state index in [4.69, 9.17) is 0 Å². The molecule has 9 rings (SSSR count). The van der Waals surface area contributed by atoms with E-state index in [-0.39, 0.29) is 91.6 Å². The molecule has 5 aromatic carbocycles. The van der Waals surface area contributed by atoms with Gasteiger partial charge in [0.05, 0.1) is 18.1 Å². The van der Waals surface area contributed by atoms with E-state index in [1.54, 1.807) is 35.9 Å². The number of anilines is 1. The molecular weight excluding hydrogens is 1050 g/mol. The number of carbonyl (C=O) groups excluding carboxylic acids is 7. The Hall–Kier alpha value is -7.65. The number of likely N-dealkylation sites (tertiary alicyclic amines) is 1. The molecular formula is C69H86N8O7. The van der Waals surface area contributed by atoms with Crippen LogP contribution in [0.25, 0.3) is 0 Å². The predicted octanol–water partition coefficient (Wildman–Crippen LogP) is 8.67. The molecule has 1 fully saturated rings. The van der Waals surface area contributed by atoms with Crippen molar-refractivity contribution < 1.29 is 33.6 Å². The summed E-state index contributed by atoms with van der Waals surface area (Å²) in [6.45, 7) is 12.3. The first-order valence-corrected chi connectivity index (χ1v) is 30.4. The Morgan fingerprint density at radius 1 is 0.655 bits per heavy atom. The third-order valence-electron chi connectivity index (χ3n) is 18.2. The number of nitrogens with one attached hydrogen (secondary N) is 5. The molecule has 9 atom stereocenters. The number of amides is 6. The molecule has 0 saturated carbocycles. The maximum atomic E-state index is 15.0. The third-order valence-corrected chi connectivity index (χ3v) is 18.2. The van der Waals surface area contributed by atoms with Crippen LogP contribution in [0.4, 0.5) is 5.69 Å². The highest BCUT2D eigenvalue weighted by molar-refractivity contribution is 5.96. The summed E-state index contributed by atoms with van der Waals surface area (Å²) >= 11 is 0. The van der Waals surface area contributed by atoms with Gasteiger partial charge in [-0.05, 0) is 140 Å². The van der Waals surface area contributed by atoms with Gasteiger partial charge in [-0.25, -0.2) is 0 Å². The minimum atomic E-state index is -0.919. The summed E-state index contributed by atoms with van der Waals surface area (Å²) in [6.07, 6.45) is 6.85. The fourth-order valence-corrected chi connectivity index (χ4v) is 12.7. The molecule has 84 heavy (non-hydrogen) atoms. The molecule has 0 aromatic heterocycles. The number of ketones is 1. The summed E-state index contributed by atoms with van der Waals surface area (Å²) in [5.74, 6) is -2.66. The van der Waals surface area contributed by atoms with Gasteiger partial charge < -0.3 is 41.3 Å². The first-order chi connectivity index (χ1) is 40.3. The number of carbonyl (C=O) groups is 7. The maximum absolute atomic E-state index is 15.0. The molecule has 2 heterocycles. The van der Waals surface area contributed by atoms with Crippen LogP contribution in [0.3, 0.4) is 0 Å². The average molecular weight is 1140 g/mol. The van der Waals surface area contributed by atoms with E-state index in [9.17, 15) is 28.8 Å². The van der Waals surface area contributed by atoms with Crippen LogP contribution in [0, 0.1) is 17.3 Å². The van der Waals surface area contributed by atoms with E-state index in [0.717, 1.165) is 77.6 Å². The summed E-state index contributed by atoms with van der Waals surface area (Å²) in [6, 6.07) is 35.8. The Morgan fingerprint density at radius 3 is 1.80 bits per heavy atom. The monoisotopic (exact) mass is 1140 g/mol. The maximum Gasteiger partial charge on any atom is 0.251 e. The zero-order valence-electron chi connectivity index (χ0n) is 50.3. The van der Waals surface area contributed by atoms with Crippen molar-refractivity contribution in [3.63, 3.8) is 0 Å². The normalized spacial score (nSPS) is 20.6. The number of aryl methyl sites for hydroxylation is 2. The lowest BCUT2D eigenvalue weighted by Crippen LogP contribution is -2.58.